The van der Waals surface area contributed by atoms with E-state index in [1.807, 2.05) is 50.2 Å². The van der Waals surface area contributed by atoms with Crippen LogP contribution in [0, 0.1) is 6.92 Å². The van der Waals surface area contributed by atoms with Crippen LogP contribution in [-0.2, 0) is 11.2 Å². The topological polar surface area (TPSA) is 49.4 Å². The van der Waals surface area contributed by atoms with Crippen molar-refractivity contribution in [1.29, 1.82) is 0 Å². The fourth-order valence-corrected chi connectivity index (χ4v) is 2.90. The second kappa shape index (κ2) is 6.24. The summed E-state index contributed by atoms with van der Waals surface area (Å²) >= 11 is 0. The van der Waals surface area contributed by atoms with Crippen molar-refractivity contribution in [2.75, 3.05) is 16.8 Å². The summed E-state index contributed by atoms with van der Waals surface area (Å²) < 4.78 is 0. The van der Waals surface area contributed by atoms with E-state index in [4.69, 9.17) is 0 Å². The SMILES string of the molecule is CCC(=O)N1CCc2cc(C(=O)Nc3ccccc3C)ccc21. The molecule has 0 unspecified atom stereocenters. The fourth-order valence-electron chi connectivity index (χ4n) is 2.90. The van der Waals surface area contributed by atoms with Crippen molar-refractivity contribution in [3.8, 4) is 0 Å². The van der Waals surface area contributed by atoms with Crippen LogP contribution >= 0.6 is 0 Å². The number of benzene rings is 2. The van der Waals surface area contributed by atoms with E-state index in [1.54, 1.807) is 11.0 Å². The summed E-state index contributed by atoms with van der Waals surface area (Å²) in [6, 6.07) is 13.3. The highest BCUT2D eigenvalue weighted by Crippen LogP contribution is 2.29. The predicted molar refractivity (Wildman–Crippen MR) is 91.9 cm³/mol. The first-order valence-corrected chi connectivity index (χ1v) is 7.90. The Bertz CT molecular complexity index is 768. The molecule has 2 aromatic rings. The number of hydrogen-bond donors (Lipinski definition) is 1. The van der Waals surface area contributed by atoms with Gasteiger partial charge in [0.2, 0.25) is 5.91 Å². The molecule has 1 aliphatic rings. The number of nitrogens with zero attached hydrogens (tertiary/aromatic N) is 1. The molecule has 1 aliphatic heterocycles. The van der Waals surface area contributed by atoms with Gasteiger partial charge in [0.15, 0.2) is 0 Å². The summed E-state index contributed by atoms with van der Waals surface area (Å²) in [6.45, 7) is 4.53. The number of rotatable bonds is 3. The van der Waals surface area contributed by atoms with Crippen molar-refractivity contribution >= 4 is 23.2 Å². The molecule has 1 N–H and O–H groups in total. The Morgan fingerprint density at radius 3 is 2.70 bits per heavy atom. The quantitative estimate of drug-likeness (QED) is 0.942. The van der Waals surface area contributed by atoms with Crippen LogP contribution in [0.4, 0.5) is 11.4 Å². The number of nitrogens with one attached hydrogen (secondary N) is 1. The van der Waals surface area contributed by atoms with Crippen molar-refractivity contribution in [2.24, 2.45) is 0 Å². The van der Waals surface area contributed by atoms with Gasteiger partial charge in [-0.2, -0.15) is 0 Å². The fraction of sp³-hybridized carbons (Fsp3) is 0.263. The molecule has 0 aromatic heterocycles. The Balaban J connectivity index is 1.81. The smallest absolute Gasteiger partial charge is 0.255 e. The Hall–Kier alpha value is -2.62. The van der Waals surface area contributed by atoms with Gasteiger partial charge in [0.25, 0.3) is 5.91 Å². The second-order valence-corrected chi connectivity index (χ2v) is 5.76. The van der Waals surface area contributed by atoms with Crippen molar-refractivity contribution in [3.05, 3.63) is 59.2 Å². The molecule has 0 spiro atoms. The van der Waals surface area contributed by atoms with Gasteiger partial charge in [0.05, 0.1) is 0 Å². The van der Waals surface area contributed by atoms with Gasteiger partial charge in [-0.05, 0) is 48.7 Å². The van der Waals surface area contributed by atoms with Gasteiger partial charge in [-0.1, -0.05) is 25.1 Å². The molecule has 2 aromatic carbocycles. The van der Waals surface area contributed by atoms with Crippen molar-refractivity contribution < 1.29 is 9.59 Å². The van der Waals surface area contributed by atoms with E-state index < -0.39 is 0 Å². The number of hydrogen-bond acceptors (Lipinski definition) is 2. The Labute approximate surface area is 136 Å². The Kier molecular flexibility index (Phi) is 4.15. The minimum Gasteiger partial charge on any atom is -0.322 e. The van der Waals surface area contributed by atoms with E-state index in [1.165, 1.54) is 0 Å². The van der Waals surface area contributed by atoms with Gasteiger partial charge in [-0.25, -0.2) is 0 Å². The molecule has 0 radical (unpaired) electrons. The third-order valence-electron chi connectivity index (χ3n) is 4.23. The lowest BCUT2D eigenvalue weighted by molar-refractivity contribution is -0.118. The molecule has 4 heteroatoms. The molecule has 3 rings (SSSR count). The maximum atomic E-state index is 12.4. The monoisotopic (exact) mass is 308 g/mol. The molecule has 0 atom stereocenters. The van der Waals surface area contributed by atoms with Gasteiger partial charge in [-0.15, -0.1) is 0 Å². The molecule has 0 aliphatic carbocycles. The van der Waals surface area contributed by atoms with Crippen LogP contribution in [0.1, 0.15) is 34.8 Å². The van der Waals surface area contributed by atoms with Crippen LogP contribution in [0.15, 0.2) is 42.5 Å². The highest BCUT2D eigenvalue weighted by atomic mass is 16.2. The molecule has 2 amide bonds. The minimum atomic E-state index is -0.123. The number of amides is 2. The van der Waals surface area contributed by atoms with Crippen LogP contribution in [0.2, 0.25) is 0 Å². The lowest BCUT2D eigenvalue weighted by Crippen LogP contribution is -2.27. The summed E-state index contributed by atoms with van der Waals surface area (Å²) in [5.74, 6) is 0.00299. The first-order chi connectivity index (χ1) is 11.1. The van der Waals surface area contributed by atoms with Crippen molar-refractivity contribution in [3.63, 3.8) is 0 Å². The highest BCUT2D eigenvalue weighted by Gasteiger charge is 2.24. The number of anilines is 2. The summed E-state index contributed by atoms with van der Waals surface area (Å²) in [5.41, 5.74) is 4.47. The van der Waals surface area contributed by atoms with Crippen LogP contribution in [-0.4, -0.2) is 18.4 Å². The molecule has 0 bridgehead atoms. The first-order valence-electron chi connectivity index (χ1n) is 7.90. The predicted octanol–water partition coefficient (Wildman–Crippen LogP) is 3.55. The van der Waals surface area contributed by atoms with E-state index in [2.05, 4.69) is 5.32 Å². The summed E-state index contributed by atoms with van der Waals surface area (Å²) in [5, 5.41) is 2.94. The molecule has 118 valence electrons. The van der Waals surface area contributed by atoms with E-state index in [-0.39, 0.29) is 11.8 Å². The first kappa shape index (κ1) is 15.3. The number of aryl methyl sites for hydroxylation is 1. The lowest BCUT2D eigenvalue weighted by Gasteiger charge is -2.16. The van der Waals surface area contributed by atoms with Crippen LogP contribution in [0.25, 0.3) is 0 Å². The molecule has 23 heavy (non-hydrogen) atoms. The Morgan fingerprint density at radius 1 is 1.17 bits per heavy atom. The maximum absolute atomic E-state index is 12.4. The van der Waals surface area contributed by atoms with Crippen molar-refractivity contribution in [1.82, 2.24) is 0 Å². The average molecular weight is 308 g/mol. The lowest BCUT2D eigenvalue weighted by atomic mass is 10.1. The molecule has 1 heterocycles. The number of para-hydroxylation sites is 1. The number of carbonyl (C=O) groups is 2. The minimum absolute atomic E-state index is 0.123. The zero-order chi connectivity index (χ0) is 16.4. The van der Waals surface area contributed by atoms with E-state index >= 15 is 0 Å². The van der Waals surface area contributed by atoms with E-state index in [0.717, 1.165) is 28.9 Å². The van der Waals surface area contributed by atoms with Gasteiger partial charge < -0.3 is 10.2 Å². The highest BCUT2D eigenvalue weighted by molar-refractivity contribution is 6.05. The van der Waals surface area contributed by atoms with Crippen LogP contribution < -0.4 is 10.2 Å². The summed E-state index contributed by atoms with van der Waals surface area (Å²) in [7, 11) is 0. The molecule has 0 saturated carbocycles. The van der Waals surface area contributed by atoms with E-state index in [0.29, 0.717) is 18.5 Å². The maximum Gasteiger partial charge on any atom is 0.255 e. The van der Waals surface area contributed by atoms with Crippen molar-refractivity contribution in [2.45, 2.75) is 26.7 Å². The summed E-state index contributed by atoms with van der Waals surface area (Å²) in [6.07, 6.45) is 1.29. The zero-order valence-electron chi connectivity index (χ0n) is 13.4. The zero-order valence-corrected chi connectivity index (χ0v) is 13.4. The second-order valence-electron chi connectivity index (χ2n) is 5.76. The molecular formula is C19H20N2O2. The molecular weight excluding hydrogens is 288 g/mol. The summed E-state index contributed by atoms with van der Waals surface area (Å²) in [4.78, 5) is 26.2. The number of carbonyl (C=O) groups excluding carboxylic acids is 2. The number of fused-ring (bicyclic) bond motifs is 1. The molecule has 0 saturated heterocycles. The largest absolute Gasteiger partial charge is 0.322 e. The third-order valence-corrected chi connectivity index (χ3v) is 4.23. The van der Waals surface area contributed by atoms with Gasteiger partial charge in [-0.3, -0.25) is 9.59 Å². The normalized spacial score (nSPS) is 12.9. The van der Waals surface area contributed by atoms with Gasteiger partial charge >= 0.3 is 0 Å². The molecule has 0 fully saturated rings. The average Bonchev–Trinajstić information content (AvgIpc) is 2.99. The van der Waals surface area contributed by atoms with Crippen LogP contribution in [0.5, 0.6) is 0 Å². The van der Waals surface area contributed by atoms with Gasteiger partial charge in [0, 0.05) is 29.9 Å². The molecule has 4 nitrogen and oxygen atoms in total. The van der Waals surface area contributed by atoms with Gasteiger partial charge in [0.1, 0.15) is 0 Å². The Morgan fingerprint density at radius 2 is 1.96 bits per heavy atom. The van der Waals surface area contributed by atoms with Crippen LogP contribution in [0.3, 0.4) is 0 Å². The third kappa shape index (κ3) is 2.97. The van der Waals surface area contributed by atoms with E-state index in [9.17, 15) is 9.59 Å². The standard InChI is InChI=1S/C19H20N2O2/c1-3-18(22)21-11-10-14-12-15(8-9-17(14)21)19(23)20-16-7-5-4-6-13(16)2/h4-9,12H,3,10-11H2,1-2H3,(H,20,23).